The van der Waals surface area contributed by atoms with Gasteiger partial charge in [0.2, 0.25) is 0 Å². The Hall–Kier alpha value is -3.26. The normalized spacial score (nSPS) is 18.7. The maximum Gasteiger partial charge on any atom is 0.409 e. The van der Waals surface area contributed by atoms with Crippen LogP contribution in [0.25, 0.3) is 0 Å². The van der Waals surface area contributed by atoms with Gasteiger partial charge in [0.15, 0.2) is 0 Å². The van der Waals surface area contributed by atoms with Crippen LogP contribution in [0.5, 0.6) is 0 Å². The molecule has 2 aromatic carbocycles. The van der Waals surface area contributed by atoms with Gasteiger partial charge in [-0.3, -0.25) is 9.69 Å². The predicted molar refractivity (Wildman–Crippen MR) is 128 cm³/mol. The van der Waals surface area contributed by atoms with Gasteiger partial charge < -0.3 is 9.64 Å². The van der Waals surface area contributed by atoms with Crippen molar-refractivity contribution in [3.63, 3.8) is 0 Å². The van der Waals surface area contributed by atoms with E-state index in [1.165, 1.54) is 11.1 Å². The lowest BCUT2D eigenvalue weighted by Crippen LogP contribution is -2.51. The van der Waals surface area contributed by atoms with Crippen molar-refractivity contribution in [3.05, 3.63) is 70.5 Å². The van der Waals surface area contributed by atoms with Crippen LogP contribution < -0.4 is 0 Å². The maximum atomic E-state index is 14.5. The molecule has 1 atom stereocenters. The average Bonchev–Trinajstić information content (AvgIpc) is 3.25. The molecule has 2 aliphatic rings. The van der Waals surface area contributed by atoms with E-state index >= 15 is 0 Å². The molecule has 2 aliphatic heterocycles. The maximum absolute atomic E-state index is 14.5. The second-order valence-corrected chi connectivity index (χ2v) is 8.81. The molecule has 0 N–H and O–H groups in total. The first kappa shape index (κ1) is 23.9. The number of benzene rings is 2. The van der Waals surface area contributed by atoms with E-state index in [2.05, 4.69) is 11.2 Å². The zero-order valence-electron chi connectivity index (χ0n) is 20.0. The van der Waals surface area contributed by atoms with Gasteiger partial charge in [-0.25, -0.2) is 14.2 Å². The van der Waals surface area contributed by atoms with Gasteiger partial charge in [-0.15, -0.1) is 0 Å². The molecule has 180 valence electrons. The van der Waals surface area contributed by atoms with Crippen LogP contribution in [-0.4, -0.2) is 71.9 Å². The minimum absolute atomic E-state index is 0.138. The van der Waals surface area contributed by atoms with E-state index in [-0.39, 0.29) is 30.4 Å². The molecule has 8 heteroatoms. The van der Waals surface area contributed by atoms with Crippen molar-refractivity contribution < 1.29 is 18.7 Å². The van der Waals surface area contributed by atoms with E-state index in [9.17, 15) is 14.0 Å². The molecule has 0 aromatic heterocycles. The zero-order chi connectivity index (χ0) is 24.2. The number of amides is 2. The molecular weight excluding hydrogens is 435 g/mol. The van der Waals surface area contributed by atoms with Crippen LogP contribution in [-0.2, 0) is 9.53 Å². The van der Waals surface area contributed by atoms with Crippen molar-refractivity contribution in [2.75, 3.05) is 39.3 Å². The highest BCUT2D eigenvalue weighted by atomic mass is 19.1. The lowest BCUT2D eigenvalue weighted by molar-refractivity contribution is -0.134. The first-order chi connectivity index (χ1) is 16.4. The highest BCUT2D eigenvalue weighted by molar-refractivity contribution is 6.03. The van der Waals surface area contributed by atoms with Gasteiger partial charge in [-0.1, -0.05) is 42.0 Å². The van der Waals surface area contributed by atoms with Gasteiger partial charge in [0.05, 0.1) is 24.9 Å². The molecule has 1 unspecified atom stereocenters. The monoisotopic (exact) mass is 466 g/mol. The summed E-state index contributed by atoms with van der Waals surface area (Å²) in [5.41, 5.74) is 4.24. The van der Waals surface area contributed by atoms with E-state index in [1.807, 2.05) is 30.9 Å². The highest BCUT2D eigenvalue weighted by Gasteiger charge is 2.35. The average molecular weight is 467 g/mol. The third kappa shape index (κ3) is 5.12. The number of halogens is 1. The number of rotatable bonds is 5. The third-order valence-electron chi connectivity index (χ3n) is 6.39. The van der Waals surface area contributed by atoms with Crippen molar-refractivity contribution in [3.8, 4) is 0 Å². The molecule has 7 nitrogen and oxygen atoms in total. The number of hydrogen-bond donors (Lipinski definition) is 0. The topological polar surface area (TPSA) is 65.5 Å². The van der Waals surface area contributed by atoms with Crippen LogP contribution in [0.15, 0.2) is 47.6 Å². The number of ether oxygens (including phenoxy) is 1. The van der Waals surface area contributed by atoms with Crippen molar-refractivity contribution in [1.29, 1.82) is 0 Å². The van der Waals surface area contributed by atoms with Gasteiger partial charge in [0, 0.05) is 38.2 Å². The van der Waals surface area contributed by atoms with Crippen LogP contribution in [0.4, 0.5) is 9.18 Å². The van der Waals surface area contributed by atoms with Crippen molar-refractivity contribution >= 4 is 17.7 Å². The number of piperazine rings is 1. The van der Waals surface area contributed by atoms with Crippen molar-refractivity contribution in [2.24, 2.45) is 5.10 Å². The summed E-state index contributed by atoms with van der Waals surface area (Å²) in [5.74, 6) is -0.481. The number of carbonyl (C=O) groups is 2. The third-order valence-corrected chi connectivity index (χ3v) is 6.39. The fourth-order valence-electron chi connectivity index (χ4n) is 4.61. The van der Waals surface area contributed by atoms with Crippen molar-refractivity contribution in [1.82, 2.24) is 14.8 Å². The van der Waals surface area contributed by atoms with Gasteiger partial charge in [0.25, 0.3) is 5.91 Å². The van der Waals surface area contributed by atoms with Crippen molar-refractivity contribution in [2.45, 2.75) is 33.2 Å². The number of hydrogen-bond acceptors (Lipinski definition) is 5. The fourth-order valence-corrected chi connectivity index (χ4v) is 4.61. The summed E-state index contributed by atoms with van der Waals surface area (Å²) in [6.45, 7) is 8.55. The summed E-state index contributed by atoms with van der Waals surface area (Å²) < 4.78 is 19.6. The minimum atomic E-state index is -0.343. The molecule has 0 radical (unpaired) electrons. The summed E-state index contributed by atoms with van der Waals surface area (Å²) in [6.07, 6.45) is 0.134. The lowest BCUT2D eigenvalue weighted by Gasteiger charge is -2.34. The molecule has 0 saturated carbocycles. The number of aryl methyl sites for hydroxylation is 2. The van der Waals surface area contributed by atoms with Crippen LogP contribution in [0.1, 0.15) is 41.6 Å². The summed E-state index contributed by atoms with van der Waals surface area (Å²) in [4.78, 5) is 29.1. The first-order valence-electron chi connectivity index (χ1n) is 11.7. The molecule has 0 spiro atoms. The Morgan fingerprint density at radius 1 is 1.09 bits per heavy atom. The molecule has 2 amide bonds. The van der Waals surface area contributed by atoms with Crippen LogP contribution in [0.3, 0.4) is 0 Å². The van der Waals surface area contributed by atoms with Gasteiger partial charge in [-0.05, 0) is 38.0 Å². The standard InChI is InChI=1S/C26H31FN4O3/c1-4-34-26(33)30-13-11-29(12-14-30)17-25(32)31-24(20-10-9-18(2)15-19(20)3)16-23(28-31)21-7-5-6-8-22(21)27/h5-10,15,24H,4,11-14,16-17H2,1-3H3. The van der Waals surface area contributed by atoms with E-state index in [0.29, 0.717) is 50.5 Å². The largest absolute Gasteiger partial charge is 0.450 e. The Kier molecular flexibility index (Phi) is 7.26. The molecule has 0 bridgehead atoms. The molecule has 4 rings (SSSR count). The summed E-state index contributed by atoms with van der Waals surface area (Å²) >= 11 is 0. The van der Waals surface area contributed by atoms with E-state index in [4.69, 9.17) is 4.74 Å². The molecule has 34 heavy (non-hydrogen) atoms. The van der Waals surface area contributed by atoms with E-state index < -0.39 is 0 Å². The van der Waals surface area contributed by atoms with E-state index in [1.54, 1.807) is 30.0 Å². The van der Waals surface area contributed by atoms with Crippen LogP contribution >= 0.6 is 0 Å². The summed E-state index contributed by atoms with van der Waals surface area (Å²) in [7, 11) is 0. The SMILES string of the molecule is CCOC(=O)N1CCN(CC(=O)N2N=C(c3ccccc3F)CC2c2ccc(C)cc2C)CC1. The van der Waals surface area contributed by atoms with Gasteiger partial charge in [-0.2, -0.15) is 5.10 Å². The Balaban J connectivity index is 1.53. The molecular formula is C26H31FN4O3. The fraction of sp³-hybridized carbons (Fsp3) is 0.423. The second kappa shape index (κ2) is 10.3. The Morgan fingerprint density at radius 3 is 2.50 bits per heavy atom. The number of nitrogens with zero attached hydrogens (tertiary/aromatic N) is 4. The Bertz CT molecular complexity index is 1100. The summed E-state index contributed by atoms with van der Waals surface area (Å²) in [6, 6.07) is 12.4. The summed E-state index contributed by atoms with van der Waals surface area (Å²) in [5, 5.41) is 6.15. The van der Waals surface area contributed by atoms with E-state index in [0.717, 1.165) is 16.7 Å². The highest BCUT2D eigenvalue weighted by Crippen LogP contribution is 2.35. The molecule has 2 aromatic rings. The molecule has 0 aliphatic carbocycles. The minimum Gasteiger partial charge on any atom is -0.450 e. The smallest absolute Gasteiger partial charge is 0.409 e. The number of hydrazone groups is 1. The quantitative estimate of drug-likeness (QED) is 0.671. The van der Waals surface area contributed by atoms with Crippen LogP contribution in [0.2, 0.25) is 0 Å². The molecule has 2 heterocycles. The lowest BCUT2D eigenvalue weighted by atomic mass is 9.94. The Labute approximate surface area is 199 Å². The zero-order valence-corrected chi connectivity index (χ0v) is 20.0. The first-order valence-corrected chi connectivity index (χ1v) is 11.7. The van der Waals surface area contributed by atoms with Gasteiger partial charge >= 0.3 is 6.09 Å². The van der Waals surface area contributed by atoms with Gasteiger partial charge in [0.1, 0.15) is 5.82 Å². The Morgan fingerprint density at radius 2 is 1.82 bits per heavy atom. The molecule has 1 fully saturated rings. The van der Waals surface area contributed by atoms with Crippen LogP contribution in [0, 0.1) is 19.7 Å². The molecule has 1 saturated heterocycles. The second-order valence-electron chi connectivity index (χ2n) is 8.81. The predicted octanol–water partition coefficient (Wildman–Crippen LogP) is 3.89. The number of carbonyl (C=O) groups excluding carboxylic acids is 2.